The van der Waals surface area contributed by atoms with Crippen molar-refractivity contribution in [2.24, 2.45) is 0 Å². The van der Waals surface area contributed by atoms with Crippen LogP contribution in [0.4, 0.5) is 0 Å². The topological polar surface area (TPSA) is 66.4 Å². The van der Waals surface area contributed by atoms with Crippen LogP contribution >= 0.6 is 0 Å². The zero-order valence-corrected chi connectivity index (χ0v) is 7.70. The Morgan fingerprint density at radius 2 is 1.90 bits per heavy atom. The maximum Gasteiger partial charge on any atom is 2.00 e. The zero-order valence-electron chi connectivity index (χ0n) is 5.49. The maximum absolute atomic E-state index is 10.1. The first kappa shape index (κ1) is 12.6. The molecule has 0 aromatic heterocycles. The number of hydrogen-bond donors (Lipinski definition) is 0. The standard InChI is InChI=1S/C5H6O4.Ca/c1-9-5(8)3-2-4(6)7;/h2-3H,1H3,(H,6,7);/q;+2/p-1/b3-2+;. The second-order valence-electron chi connectivity index (χ2n) is 1.18. The van der Waals surface area contributed by atoms with E-state index >= 15 is 0 Å². The third kappa shape index (κ3) is 7.94. The molecule has 4 nitrogen and oxygen atoms in total. The summed E-state index contributed by atoms with van der Waals surface area (Å²) in [5.74, 6) is -2.13. The quantitative estimate of drug-likeness (QED) is 0.275. The zero-order chi connectivity index (χ0) is 7.28. The molecule has 0 aliphatic carbocycles. The van der Waals surface area contributed by atoms with Gasteiger partial charge in [-0.2, -0.15) is 0 Å². The van der Waals surface area contributed by atoms with Gasteiger partial charge in [-0.1, -0.05) is 0 Å². The van der Waals surface area contributed by atoms with E-state index in [2.05, 4.69) is 4.74 Å². The van der Waals surface area contributed by atoms with Crippen LogP contribution in [0.3, 0.4) is 0 Å². The van der Waals surface area contributed by atoms with Gasteiger partial charge in [0.15, 0.2) is 0 Å². The van der Waals surface area contributed by atoms with Gasteiger partial charge in [0.25, 0.3) is 0 Å². The first-order chi connectivity index (χ1) is 4.16. The van der Waals surface area contributed by atoms with E-state index in [1.165, 1.54) is 0 Å². The van der Waals surface area contributed by atoms with Gasteiger partial charge in [-0.3, -0.25) is 0 Å². The third-order valence-electron chi connectivity index (χ3n) is 0.557. The predicted octanol–water partition coefficient (Wildman–Crippen LogP) is -1.92. The van der Waals surface area contributed by atoms with Crippen LogP contribution < -0.4 is 5.11 Å². The van der Waals surface area contributed by atoms with E-state index in [1.54, 1.807) is 0 Å². The number of hydrogen-bond acceptors (Lipinski definition) is 4. The van der Waals surface area contributed by atoms with Crippen molar-refractivity contribution in [2.75, 3.05) is 7.11 Å². The summed E-state index contributed by atoms with van der Waals surface area (Å²) in [4.78, 5) is 19.7. The molecule has 0 bridgehead atoms. The number of aliphatic carboxylic acids is 1. The first-order valence-electron chi connectivity index (χ1n) is 2.14. The predicted molar refractivity (Wildman–Crippen MR) is 31.9 cm³/mol. The molecule has 0 N–H and O–H groups in total. The Hall–Kier alpha value is -0.0603. The normalized spacial score (nSPS) is 8.50. The Morgan fingerprint density at radius 1 is 1.40 bits per heavy atom. The van der Waals surface area contributed by atoms with Crippen molar-refractivity contribution in [3.05, 3.63) is 12.2 Å². The SMILES string of the molecule is COC(=O)/C=C/C(=O)[O-].[Ca+2]. The van der Waals surface area contributed by atoms with Gasteiger partial charge in [0.1, 0.15) is 0 Å². The van der Waals surface area contributed by atoms with Gasteiger partial charge < -0.3 is 14.6 Å². The van der Waals surface area contributed by atoms with E-state index in [4.69, 9.17) is 0 Å². The van der Waals surface area contributed by atoms with Crippen molar-refractivity contribution in [2.45, 2.75) is 0 Å². The number of methoxy groups -OCH3 is 1. The molecule has 0 aliphatic rings. The number of carboxylic acid groups (broad SMARTS) is 1. The van der Waals surface area contributed by atoms with Crippen LogP contribution in [-0.4, -0.2) is 56.8 Å². The van der Waals surface area contributed by atoms with Gasteiger partial charge >= 0.3 is 43.7 Å². The molecule has 0 aliphatic heterocycles. The fourth-order valence-electron chi connectivity index (χ4n) is 0.204. The second kappa shape index (κ2) is 7.05. The van der Waals surface area contributed by atoms with Crippen molar-refractivity contribution >= 4 is 49.7 Å². The monoisotopic (exact) mass is 169 g/mol. The fourth-order valence-corrected chi connectivity index (χ4v) is 0.204. The summed E-state index contributed by atoms with van der Waals surface area (Å²) in [5.41, 5.74) is 0. The summed E-state index contributed by atoms with van der Waals surface area (Å²) in [6, 6.07) is 0. The van der Waals surface area contributed by atoms with Crippen molar-refractivity contribution in [3.8, 4) is 0 Å². The van der Waals surface area contributed by atoms with Crippen molar-refractivity contribution < 1.29 is 19.4 Å². The number of esters is 1. The molecule has 50 valence electrons. The van der Waals surface area contributed by atoms with Crippen molar-refractivity contribution in [1.29, 1.82) is 0 Å². The molecule has 0 unspecified atom stereocenters. The average Bonchev–Trinajstić information content (AvgIpc) is 1.83. The van der Waals surface area contributed by atoms with Crippen LogP contribution in [0.1, 0.15) is 0 Å². The summed E-state index contributed by atoms with van der Waals surface area (Å²) in [6.45, 7) is 0. The maximum atomic E-state index is 10.1. The van der Waals surface area contributed by atoms with Gasteiger partial charge in [-0.15, -0.1) is 0 Å². The second-order valence-corrected chi connectivity index (χ2v) is 1.18. The molecule has 0 aromatic carbocycles. The molecule has 0 aromatic rings. The van der Waals surface area contributed by atoms with Gasteiger partial charge in [-0.25, -0.2) is 4.79 Å². The fraction of sp³-hybridized carbons (Fsp3) is 0.200. The minimum atomic E-state index is -1.42. The Kier molecular flexibility index (Phi) is 8.89. The number of carboxylic acids is 1. The minimum absolute atomic E-state index is 0. The molecule has 0 saturated heterocycles. The van der Waals surface area contributed by atoms with Gasteiger partial charge in [-0.05, 0) is 6.08 Å². The largest absolute Gasteiger partial charge is 2.00 e. The molecular weight excluding hydrogens is 164 g/mol. The summed E-state index contributed by atoms with van der Waals surface area (Å²) in [5, 5.41) is 9.61. The molecule has 0 spiro atoms. The average molecular weight is 169 g/mol. The number of carbonyl (C=O) groups excluding carboxylic acids is 2. The van der Waals surface area contributed by atoms with E-state index in [0.29, 0.717) is 6.08 Å². The molecule has 0 saturated carbocycles. The van der Waals surface area contributed by atoms with E-state index in [-0.39, 0.29) is 37.7 Å². The Morgan fingerprint density at radius 3 is 2.20 bits per heavy atom. The van der Waals surface area contributed by atoms with Crippen LogP contribution in [0.5, 0.6) is 0 Å². The van der Waals surface area contributed by atoms with E-state index in [0.717, 1.165) is 13.2 Å². The first-order valence-corrected chi connectivity index (χ1v) is 2.14. The van der Waals surface area contributed by atoms with E-state index in [1.807, 2.05) is 0 Å². The minimum Gasteiger partial charge on any atom is -0.545 e. The number of rotatable bonds is 2. The molecule has 0 heterocycles. The Labute approximate surface area is 87.9 Å². The third-order valence-corrected chi connectivity index (χ3v) is 0.557. The van der Waals surface area contributed by atoms with Crippen molar-refractivity contribution in [3.63, 3.8) is 0 Å². The molecule has 0 atom stereocenters. The summed E-state index contributed by atoms with van der Waals surface area (Å²) < 4.78 is 4.08. The molecular formula is C5H5CaO4+. The Bertz CT molecular complexity index is 152. The molecule has 5 heteroatoms. The van der Waals surface area contributed by atoms with Crippen LogP contribution in [0.25, 0.3) is 0 Å². The summed E-state index contributed by atoms with van der Waals surface area (Å²) >= 11 is 0. The molecule has 0 radical (unpaired) electrons. The number of ether oxygens (including phenoxy) is 1. The summed E-state index contributed by atoms with van der Waals surface area (Å²) in [6.07, 6.45) is 1.38. The Balaban J connectivity index is 0. The molecule has 0 rings (SSSR count). The smallest absolute Gasteiger partial charge is 0.545 e. The van der Waals surface area contributed by atoms with E-state index < -0.39 is 11.9 Å². The van der Waals surface area contributed by atoms with E-state index in [9.17, 15) is 14.7 Å². The summed E-state index contributed by atoms with van der Waals surface area (Å²) in [7, 11) is 1.15. The van der Waals surface area contributed by atoms with Crippen LogP contribution in [0.2, 0.25) is 0 Å². The van der Waals surface area contributed by atoms with Gasteiger partial charge in [0, 0.05) is 6.08 Å². The molecule has 0 amide bonds. The van der Waals surface area contributed by atoms with Crippen LogP contribution in [0.15, 0.2) is 12.2 Å². The van der Waals surface area contributed by atoms with Gasteiger partial charge in [0.2, 0.25) is 0 Å². The van der Waals surface area contributed by atoms with Crippen LogP contribution in [-0.2, 0) is 14.3 Å². The van der Waals surface area contributed by atoms with Gasteiger partial charge in [0.05, 0.1) is 13.1 Å². The molecule has 0 fully saturated rings. The van der Waals surface area contributed by atoms with Crippen molar-refractivity contribution in [1.82, 2.24) is 0 Å². The number of carbonyl (C=O) groups is 2. The van der Waals surface area contributed by atoms with Crippen LogP contribution in [0, 0.1) is 0 Å². The molecule has 10 heavy (non-hydrogen) atoms.